The van der Waals surface area contributed by atoms with Crippen molar-refractivity contribution >= 4 is 5.91 Å². The Morgan fingerprint density at radius 2 is 1.82 bits per heavy atom. The number of nitrogens with two attached hydrogens (primary N) is 1. The average Bonchev–Trinajstić information content (AvgIpc) is 2.24. The number of carbonyl (C=O) groups excluding carboxylic acids is 1. The zero-order valence-electron chi connectivity index (χ0n) is 9.80. The first-order valence-electron chi connectivity index (χ1n) is 6.00. The van der Waals surface area contributed by atoms with Gasteiger partial charge >= 0.3 is 6.18 Å². The molecule has 1 aliphatic carbocycles. The van der Waals surface area contributed by atoms with Crippen molar-refractivity contribution < 1.29 is 18.0 Å². The van der Waals surface area contributed by atoms with Gasteiger partial charge in [-0.3, -0.25) is 4.79 Å². The molecule has 1 aliphatic rings. The zero-order chi connectivity index (χ0) is 12.9. The lowest BCUT2D eigenvalue weighted by Gasteiger charge is -2.34. The highest BCUT2D eigenvalue weighted by atomic mass is 19.4. The molecule has 17 heavy (non-hydrogen) atoms. The van der Waals surface area contributed by atoms with Crippen molar-refractivity contribution in [2.45, 2.75) is 50.7 Å². The molecule has 2 N–H and O–H groups in total. The minimum atomic E-state index is -4.43. The van der Waals surface area contributed by atoms with Gasteiger partial charge in [0.1, 0.15) is 6.42 Å². The van der Waals surface area contributed by atoms with E-state index in [9.17, 15) is 18.0 Å². The molecule has 1 saturated carbocycles. The molecular weight excluding hydrogens is 233 g/mol. The van der Waals surface area contributed by atoms with Crippen molar-refractivity contribution in [3.8, 4) is 0 Å². The molecule has 1 fully saturated rings. The summed E-state index contributed by atoms with van der Waals surface area (Å²) in [7, 11) is 0. The Labute approximate surface area is 99.1 Å². The quantitative estimate of drug-likeness (QED) is 0.832. The van der Waals surface area contributed by atoms with Crippen molar-refractivity contribution in [1.82, 2.24) is 4.90 Å². The van der Waals surface area contributed by atoms with Crippen LogP contribution in [0.1, 0.15) is 38.5 Å². The number of alkyl halides is 3. The predicted octanol–water partition coefficient (Wildman–Crippen LogP) is 2.06. The van der Waals surface area contributed by atoms with E-state index in [0.717, 1.165) is 32.1 Å². The molecule has 1 amide bonds. The highest BCUT2D eigenvalue weighted by Gasteiger charge is 2.35. The van der Waals surface area contributed by atoms with E-state index in [1.54, 1.807) is 0 Å². The van der Waals surface area contributed by atoms with Crippen molar-refractivity contribution in [3.05, 3.63) is 0 Å². The number of amides is 1. The largest absolute Gasteiger partial charge is 0.397 e. The standard InChI is InChI=1S/C11H19F3N2O/c12-11(13,14)8-10(17)16(7-6-15)9-4-2-1-3-5-9/h9H,1-8,15H2. The van der Waals surface area contributed by atoms with E-state index >= 15 is 0 Å². The van der Waals surface area contributed by atoms with Crippen LogP contribution in [-0.2, 0) is 4.79 Å². The van der Waals surface area contributed by atoms with Gasteiger partial charge in [0.2, 0.25) is 5.91 Å². The van der Waals surface area contributed by atoms with Gasteiger partial charge in [0.25, 0.3) is 0 Å². The Bertz CT molecular complexity index is 250. The highest BCUT2D eigenvalue weighted by Crippen LogP contribution is 2.26. The van der Waals surface area contributed by atoms with Crippen LogP contribution in [0, 0.1) is 0 Å². The summed E-state index contributed by atoms with van der Waals surface area (Å²) >= 11 is 0. The Morgan fingerprint density at radius 1 is 1.24 bits per heavy atom. The van der Waals surface area contributed by atoms with Gasteiger partial charge in [-0.1, -0.05) is 19.3 Å². The minimum Gasteiger partial charge on any atom is -0.338 e. The van der Waals surface area contributed by atoms with E-state index in [1.165, 1.54) is 4.90 Å². The minimum absolute atomic E-state index is 0.0536. The second-order valence-electron chi connectivity index (χ2n) is 4.46. The third kappa shape index (κ3) is 4.93. The first kappa shape index (κ1) is 14.3. The summed E-state index contributed by atoms with van der Waals surface area (Å²) in [5.41, 5.74) is 5.36. The van der Waals surface area contributed by atoms with Crippen LogP contribution in [0.15, 0.2) is 0 Å². The maximum absolute atomic E-state index is 12.2. The van der Waals surface area contributed by atoms with Crippen molar-refractivity contribution in [2.75, 3.05) is 13.1 Å². The van der Waals surface area contributed by atoms with Gasteiger partial charge in [-0.05, 0) is 12.8 Å². The lowest BCUT2D eigenvalue weighted by Crippen LogP contribution is -2.45. The zero-order valence-corrected chi connectivity index (χ0v) is 9.80. The first-order chi connectivity index (χ1) is 7.94. The molecule has 100 valence electrons. The molecule has 0 atom stereocenters. The van der Waals surface area contributed by atoms with E-state index in [0.29, 0.717) is 0 Å². The number of hydrogen-bond acceptors (Lipinski definition) is 2. The van der Waals surface area contributed by atoms with E-state index in [-0.39, 0.29) is 19.1 Å². The summed E-state index contributed by atoms with van der Waals surface area (Å²) in [4.78, 5) is 12.9. The number of carbonyl (C=O) groups is 1. The van der Waals surface area contributed by atoms with Crippen LogP contribution < -0.4 is 5.73 Å². The number of rotatable bonds is 4. The SMILES string of the molecule is NCCN(C(=O)CC(F)(F)F)C1CCCCC1. The Morgan fingerprint density at radius 3 is 2.29 bits per heavy atom. The molecule has 0 spiro atoms. The van der Waals surface area contributed by atoms with Crippen molar-refractivity contribution in [2.24, 2.45) is 5.73 Å². The van der Waals surface area contributed by atoms with Crippen LogP contribution in [0.2, 0.25) is 0 Å². The molecule has 0 saturated heterocycles. The van der Waals surface area contributed by atoms with E-state index in [1.807, 2.05) is 0 Å². The van der Waals surface area contributed by atoms with Gasteiger partial charge < -0.3 is 10.6 Å². The van der Waals surface area contributed by atoms with Gasteiger partial charge in [0.15, 0.2) is 0 Å². The van der Waals surface area contributed by atoms with Gasteiger partial charge in [-0.15, -0.1) is 0 Å². The van der Waals surface area contributed by atoms with E-state index in [4.69, 9.17) is 5.73 Å². The Balaban J connectivity index is 2.60. The Hall–Kier alpha value is -0.780. The van der Waals surface area contributed by atoms with Gasteiger partial charge in [0, 0.05) is 19.1 Å². The molecule has 6 heteroatoms. The van der Waals surface area contributed by atoms with Crippen molar-refractivity contribution in [1.29, 1.82) is 0 Å². The monoisotopic (exact) mass is 252 g/mol. The number of halogens is 3. The van der Waals surface area contributed by atoms with Gasteiger partial charge in [-0.25, -0.2) is 0 Å². The highest BCUT2D eigenvalue weighted by molar-refractivity contribution is 5.77. The third-order valence-electron chi connectivity index (χ3n) is 3.06. The third-order valence-corrected chi connectivity index (χ3v) is 3.06. The van der Waals surface area contributed by atoms with Crippen LogP contribution in [0.5, 0.6) is 0 Å². The normalized spacial score (nSPS) is 18.1. The smallest absolute Gasteiger partial charge is 0.338 e. The number of nitrogens with zero attached hydrogens (tertiary/aromatic N) is 1. The van der Waals surface area contributed by atoms with Crippen LogP contribution in [0.3, 0.4) is 0 Å². The molecule has 0 aromatic rings. The fraction of sp³-hybridized carbons (Fsp3) is 0.909. The molecule has 0 unspecified atom stereocenters. The van der Waals surface area contributed by atoms with Gasteiger partial charge in [-0.2, -0.15) is 13.2 Å². The lowest BCUT2D eigenvalue weighted by atomic mass is 9.94. The molecule has 0 aliphatic heterocycles. The summed E-state index contributed by atoms with van der Waals surface area (Å²) in [6.45, 7) is 0.430. The topological polar surface area (TPSA) is 46.3 Å². The second-order valence-corrected chi connectivity index (χ2v) is 4.46. The van der Waals surface area contributed by atoms with Crippen LogP contribution in [0.4, 0.5) is 13.2 Å². The van der Waals surface area contributed by atoms with Crippen molar-refractivity contribution in [3.63, 3.8) is 0 Å². The fourth-order valence-corrected chi connectivity index (χ4v) is 2.32. The summed E-state index contributed by atoms with van der Waals surface area (Å²) in [5.74, 6) is -0.838. The second kappa shape index (κ2) is 6.23. The summed E-state index contributed by atoms with van der Waals surface area (Å²) in [6.07, 6.45) is -1.16. The average molecular weight is 252 g/mol. The molecule has 0 aromatic heterocycles. The molecule has 0 bridgehead atoms. The lowest BCUT2D eigenvalue weighted by molar-refractivity contribution is -0.163. The molecule has 0 radical (unpaired) electrons. The van der Waals surface area contributed by atoms with E-state index in [2.05, 4.69) is 0 Å². The molecular formula is C11H19F3N2O. The molecule has 0 heterocycles. The fourth-order valence-electron chi connectivity index (χ4n) is 2.32. The molecule has 1 rings (SSSR count). The summed E-state index contributed by atoms with van der Waals surface area (Å²) in [5, 5.41) is 0. The summed E-state index contributed by atoms with van der Waals surface area (Å²) in [6, 6.07) is -0.0536. The Kier molecular flexibility index (Phi) is 5.24. The van der Waals surface area contributed by atoms with Crippen LogP contribution in [0.25, 0.3) is 0 Å². The van der Waals surface area contributed by atoms with Crippen LogP contribution in [-0.4, -0.2) is 36.1 Å². The first-order valence-corrected chi connectivity index (χ1v) is 6.00. The predicted molar refractivity (Wildman–Crippen MR) is 58.3 cm³/mol. The molecule has 3 nitrogen and oxygen atoms in total. The maximum atomic E-state index is 12.2. The maximum Gasteiger partial charge on any atom is 0.397 e. The van der Waals surface area contributed by atoms with Gasteiger partial charge in [0.05, 0.1) is 0 Å². The molecule has 0 aromatic carbocycles. The van der Waals surface area contributed by atoms with E-state index < -0.39 is 18.5 Å². The summed E-state index contributed by atoms with van der Waals surface area (Å²) < 4.78 is 36.6. The number of hydrogen-bond donors (Lipinski definition) is 1. The van der Waals surface area contributed by atoms with Crippen LogP contribution >= 0.6 is 0 Å².